The van der Waals surface area contributed by atoms with Crippen LogP contribution < -0.4 is 11.1 Å². The van der Waals surface area contributed by atoms with Gasteiger partial charge >= 0.3 is 6.18 Å². The van der Waals surface area contributed by atoms with Gasteiger partial charge in [-0.2, -0.15) is 13.2 Å². The Labute approximate surface area is 172 Å². The summed E-state index contributed by atoms with van der Waals surface area (Å²) in [6, 6.07) is 3.42. The Balaban J connectivity index is 1.73. The quantitative estimate of drug-likeness (QED) is 0.510. The SMILES string of the molecule is N=C(N)NC(=O)c1ccc(C2CCN(C(=O)C3CCOCC3)CC2)c(C(F)(F)F)c1. The summed E-state index contributed by atoms with van der Waals surface area (Å²) in [6.45, 7) is 1.94. The van der Waals surface area contributed by atoms with Crippen LogP contribution in [-0.4, -0.2) is 49.0 Å². The molecule has 0 atom stereocenters. The van der Waals surface area contributed by atoms with E-state index in [9.17, 15) is 22.8 Å². The number of hydrogen-bond donors (Lipinski definition) is 3. The number of amides is 2. The highest BCUT2D eigenvalue weighted by Crippen LogP contribution is 2.39. The fraction of sp³-hybridized carbons (Fsp3) is 0.550. The number of guanidine groups is 1. The predicted molar refractivity (Wildman–Crippen MR) is 103 cm³/mol. The number of likely N-dealkylation sites (tertiary alicyclic amines) is 1. The molecule has 2 fully saturated rings. The number of alkyl halides is 3. The lowest BCUT2D eigenvalue weighted by atomic mass is 9.85. The van der Waals surface area contributed by atoms with Gasteiger partial charge in [-0.3, -0.25) is 20.3 Å². The van der Waals surface area contributed by atoms with Gasteiger partial charge in [-0.1, -0.05) is 6.07 Å². The Hall–Kier alpha value is -2.62. The van der Waals surface area contributed by atoms with Crippen LogP contribution in [0.3, 0.4) is 0 Å². The van der Waals surface area contributed by atoms with E-state index in [4.69, 9.17) is 15.9 Å². The van der Waals surface area contributed by atoms with Crippen molar-refractivity contribution in [1.82, 2.24) is 10.2 Å². The van der Waals surface area contributed by atoms with Crippen LogP contribution in [0.4, 0.5) is 13.2 Å². The van der Waals surface area contributed by atoms with Gasteiger partial charge in [0.1, 0.15) is 0 Å². The number of ether oxygens (including phenoxy) is 1. The minimum Gasteiger partial charge on any atom is -0.381 e. The molecule has 2 saturated heterocycles. The fourth-order valence-corrected chi connectivity index (χ4v) is 4.11. The van der Waals surface area contributed by atoms with Gasteiger partial charge in [-0.15, -0.1) is 0 Å². The van der Waals surface area contributed by atoms with E-state index in [1.54, 1.807) is 4.90 Å². The van der Waals surface area contributed by atoms with Gasteiger partial charge in [-0.25, -0.2) is 0 Å². The van der Waals surface area contributed by atoms with Crippen LogP contribution in [0, 0.1) is 11.3 Å². The maximum atomic E-state index is 13.7. The first-order valence-corrected chi connectivity index (χ1v) is 9.90. The molecule has 10 heteroatoms. The molecule has 0 spiro atoms. The molecule has 2 aliphatic heterocycles. The van der Waals surface area contributed by atoms with Crippen molar-refractivity contribution >= 4 is 17.8 Å². The van der Waals surface area contributed by atoms with Crippen LogP contribution in [0.5, 0.6) is 0 Å². The largest absolute Gasteiger partial charge is 0.416 e. The van der Waals surface area contributed by atoms with E-state index in [1.165, 1.54) is 12.1 Å². The number of halogens is 3. The molecule has 30 heavy (non-hydrogen) atoms. The van der Waals surface area contributed by atoms with Gasteiger partial charge in [0.05, 0.1) is 5.56 Å². The number of nitrogens with zero attached hydrogens (tertiary/aromatic N) is 1. The van der Waals surface area contributed by atoms with Crippen molar-refractivity contribution in [2.45, 2.75) is 37.8 Å². The molecule has 0 saturated carbocycles. The number of benzene rings is 1. The van der Waals surface area contributed by atoms with Gasteiger partial charge in [-0.05, 0) is 49.3 Å². The Morgan fingerprint density at radius 2 is 1.77 bits per heavy atom. The maximum Gasteiger partial charge on any atom is 0.416 e. The van der Waals surface area contributed by atoms with Gasteiger partial charge in [0.2, 0.25) is 5.91 Å². The molecular formula is C20H25F3N4O3. The van der Waals surface area contributed by atoms with Crippen LogP contribution in [-0.2, 0) is 15.7 Å². The zero-order chi connectivity index (χ0) is 21.9. The second-order valence-electron chi connectivity index (χ2n) is 7.65. The maximum absolute atomic E-state index is 13.7. The minimum atomic E-state index is -4.63. The summed E-state index contributed by atoms with van der Waals surface area (Å²) in [7, 11) is 0. The van der Waals surface area contributed by atoms with Gasteiger partial charge in [0, 0.05) is 37.8 Å². The number of carbonyl (C=O) groups is 2. The van der Waals surface area contributed by atoms with E-state index in [2.05, 4.69) is 0 Å². The Morgan fingerprint density at radius 1 is 1.13 bits per heavy atom. The molecule has 4 N–H and O–H groups in total. The zero-order valence-electron chi connectivity index (χ0n) is 16.4. The molecular weight excluding hydrogens is 401 g/mol. The molecule has 164 valence electrons. The molecule has 0 aliphatic carbocycles. The molecule has 1 aromatic rings. The number of nitrogens with one attached hydrogen (secondary N) is 2. The summed E-state index contributed by atoms with van der Waals surface area (Å²) >= 11 is 0. The van der Waals surface area contributed by atoms with E-state index in [1.807, 2.05) is 5.32 Å². The molecule has 0 aromatic heterocycles. The Morgan fingerprint density at radius 3 is 2.33 bits per heavy atom. The second-order valence-corrected chi connectivity index (χ2v) is 7.65. The normalized spacial score (nSPS) is 18.8. The first kappa shape index (κ1) is 22.1. The fourth-order valence-electron chi connectivity index (χ4n) is 4.11. The number of carbonyl (C=O) groups excluding carboxylic acids is 2. The summed E-state index contributed by atoms with van der Waals surface area (Å²) in [6.07, 6.45) is -2.41. The summed E-state index contributed by atoms with van der Waals surface area (Å²) in [5.41, 5.74) is 4.13. The topological polar surface area (TPSA) is 109 Å². The smallest absolute Gasteiger partial charge is 0.381 e. The van der Waals surface area contributed by atoms with Gasteiger partial charge in [0.15, 0.2) is 5.96 Å². The van der Waals surface area contributed by atoms with Crippen molar-refractivity contribution < 1.29 is 27.5 Å². The van der Waals surface area contributed by atoms with Crippen molar-refractivity contribution in [2.75, 3.05) is 26.3 Å². The molecule has 3 rings (SSSR count). The highest BCUT2D eigenvalue weighted by molar-refractivity contribution is 6.04. The van der Waals surface area contributed by atoms with E-state index in [0.717, 1.165) is 6.07 Å². The summed E-state index contributed by atoms with van der Waals surface area (Å²) in [4.78, 5) is 26.3. The Kier molecular flexibility index (Phi) is 6.64. The van der Waals surface area contributed by atoms with E-state index in [-0.39, 0.29) is 28.9 Å². The van der Waals surface area contributed by atoms with E-state index >= 15 is 0 Å². The van der Waals surface area contributed by atoms with Crippen molar-refractivity contribution in [2.24, 2.45) is 11.7 Å². The highest BCUT2D eigenvalue weighted by Gasteiger charge is 2.37. The lowest BCUT2D eigenvalue weighted by molar-refractivity contribution is -0.141. The molecule has 1 aromatic carbocycles. The third-order valence-electron chi connectivity index (χ3n) is 5.69. The lowest BCUT2D eigenvalue weighted by Crippen LogP contribution is -2.43. The standard InChI is InChI=1S/C20H25F3N4O3/c21-20(22,23)16-11-14(17(28)26-19(24)25)1-2-15(16)12-3-7-27(8-4-12)18(29)13-5-9-30-10-6-13/h1-2,11-13H,3-10H2,(H4,24,25,26,28). The lowest BCUT2D eigenvalue weighted by Gasteiger charge is -2.36. The molecule has 0 radical (unpaired) electrons. The number of hydrogen-bond acceptors (Lipinski definition) is 4. The molecule has 2 amide bonds. The molecule has 0 unspecified atom stereocenters. The monoisotopic (exact) mass is 426 g/mol. The van der Waals surface area contributed by atoms with Crippen LogP contribution in [0.2, 0.25) is 0 Å². The first-order chi connectivity index (χ1) is 14.2. The van der Waals surface area contributed by atoms with Gasteiger partial charge < -0.3 is 15.4 Å². The minimum absolute atomic E-state index is 0.0593. The number of piperidine rings is 1. The Bertz CT molecular complexity index is 814. The van der Waals surface area contributed by atoms with Gasteiger partial charge in [0.25, 0.3) is 5.91 Å². The summed E-state index contributed by atoms with van der Waals surface area (Å²) in [5.74, 6) is -1.87. The molecule has 2 aliphatic rings. The van der Waals surface area contributed by atoms with Crippen molar-refractivity contribution in [1.29, 1.82) is 5.41 Å². The average molecular weight is 426 g/mol. The average Bonchev–Trinajstić information content (AvgIpc) is 2.72. The van der Waals surface area contributed by atoms with E-state index < -0.39 is 23.6 Å². The third kappa shape index (κ3) is 5.10. The molecule has 2 heterocycles. The van der Waals surface area contributed by atoms with Crippen LogP contribution in [0.25, 0.3) is 0 Å². The summed E-state index contributed by atoms with van der Waals surface area (Å²) < 4.78 is 46.3. The van der Waals surface area contributed by atoms with Crippen LogP contribution in [0.1, 0.15) is 53.1 Å². The summed E-state index contributed by atoms with van der Waals surface area (Å²) in [5, 5.41) is 9.05. The zero-order valence-corrected chi connectivity index (χ0v) is 16.4. The van der Waals surface area contributed by atoms with Crippen LogP contribution >= 0.6 is 0 Å². The third-order valence-corrected chi connectivity index (χ3v) is 5.69. The van der Waals surface area contributed by atoms with Crippen molar-refractivity contribution in [3.05, 3.63) is 34.9 Å². The number of nitrogens with two attached hydrogens (primary N) is 1. The first-order valence-electron chi connectivity index (χ1n) is 9.90. The van der Waals surface area contributed by atoms with Crippen LogP contribution in [0.15, 0.2) is 18.2 Å². The molecule has 0 bridgehead atoms. The predicted octanol–water partition coefficient (Wildman–Crippen LogP) is 2.46. The van der Waals surface area contributed by atoms with Crippen molar-refractivity contribution in [3.8, 4) is 0 Å². The second kappa shape index (κ2) is 9.03. The highest BCUT2D eigenvalue weighted by atomic mass is 19.4. The van der Waals surface area contributed by atoms with Crippen molar-refractivity contribution in [3.63, 3.8) is 0 Å². The van der Waals surface area contributed by atoms with E-state index in [0.29, 0.717) is 52.0 Å². The molecule has 7 nitrogen and oxygen atoms in total. The number of rotatable bonds is 3.